The molecular formula is C17H26N2O4S. The second-order valence-corrected chi connectivity index (χ2v) is 8.15. The topological polar surface area (TPSA) is 101 Å². The van der Waals surface area contributed by atoms with Gasteiger partial charge in [0.25, 0.3) is 0 Å². The molecule has 2 rings (SSSR count). The third-order valence-electron chi connectivity index (χ3n) is 4.44. The minimum atomic E-state index is -3.51. The van der Waals surface area contributed by atoms with E-state index < -0.39 is 10.0 Å². The minimum Gasteiger partial charge on any atom is -0.508 e. The Balaban J connectivity index is 1.88. The summed E-state index contributed by atoms with van der Waals surface area (Å²) in [4.78, 5) is 14.3. The molecule has 7 heteroatoms. The van der Waals surface area contributed by atoms with Crippen LogP contribution < -0.4 is 5.14 Å². The van der Waals surface area contributed by atoms with E-state index in [0.29, 0.717) is 0 Å². The van der Waals surface area contributed by atoms with Crippen molar-refractivity contribution in [1.29, 1.82) is 0 Å². The average Bonchev–Trinajstić information content (AvgIpc) is 2.52. The zero-order valence-electron chi connectivity index (χ0n) is 13.9. The number of nitrogens with two attached hydrogens (primary N) is 1. The van der Waals surface area contributed by atoms with Gasteiger partial charge in [0.05, 0.1) is 5.75 Å². The highest BCUT2D eigenvalue weighted by Gasteiger charge is 2.26. The van der Waals surface area contributed by atoms with Gasteiger partial charge in [-0.05, 0) is 56.2 Å². The Bertz CT molecular complexity index is 660. The summed E-state index contributed by atoms with van der Waals surface area (Å²) < 4.78 is 21.9. The van der Waals surface area contributed by atoms with Crippen LogP contribution in [0.3, 0.4) is 0 Å². The number of carbonyl (C=O) groups is 1. The lowest BCUT2D eigenvalue weighted by Crippen LogP contribution is -2.44. The van der Waals surface area contributed by atoms with E-state index in [1.807, 2.05) is 17.0 Å². The summed E-state index contributed by atoms with van der Waals surface area (Å²) in [7, 11) is -3.51. The zero-order chi connectivity index (χ0) is 17.6. The Hall–Kier alpha value is -1.60. The summed E-state index contributed by atoms with van der Waals surface area (Å²) in [6, 6.07) is 7.37. The lowest BCUT2D eigenvalue weighted by atomic mass is 9.95. The number of primary sulfonamides is 1. The molecule has 0 radical (unpaired) electrons. The number of hydrogen-bond donors (Lipinski definition) is 2. The number of benzene rings is 1. The minimum absolute atomic E-state index is 0.0132. The summed E-state index contributed by atoms with van der Waals surface area (Å²) in [5, 5.41) is 14.5. The first kappa shape index (κ1) is 18.7. The molecule has 1 aliphatic heterocycles. The molecule has 1 atom stereocenters. The van der Waals surface area contributed by atoms with Crippen molar-refractivity contribution >= 4 is 15.9 Å². The second kappa shape index (κ2) is 8.48. The molecule has 1 amide bonds. The normalized spacial score (nSPS) is 18.5. The Morgan fingerprint density at radius 2 is 2.12 bits per heavy atom. The van der Waals surface area contributed by atoms with Crippen molar-refractivity contribution in [2.45, 2.75) is 51.0 Å². The second-order valence-electron chi connectivity index (χ2n) is 6.42. The van der Waals surface area contributed by atoms with E-state index in [1.54, 1.807) is 12.1 Å². The van der Waals surface area contributed by atoms with Crippen LogP contribution in [-0.4, -0.2) is 42.7 Å². The van der Waals surface area contributed by atoms with E-state index in [-0.39, 0.29) is 36.3 Å². The van der Waals surface area contributed by atoms with E-state index in [1.165, 1.54) is 0 Å². The highest BCUT2D eigenvalue weighted by Crippen LogP contribution is 2.23. The number of nitrogens with zero attached hydrogens (tertiary/aromatic N) is 1. The number of sulfonamides is 1. The third kappa shape index (κ3) is 6.13. The highest BCUT2D eigenvalue weighted by atomic mass is 32.2. The molecule has 3 N–H and O–H groups in total. The molecule has 1 heterocycles. The predicted octanol–water partition coefficient (Wildman–Crippen LogP) is 1.77. The molecule has 24 heavy (non-hydrogen) atoms. The first-order chi connectivity index (χ1) is 11.3. The number of phenols is 1. The standard InChI is InChI=1S/C17H26N2O4S/c18-24(22,23)12-4-8-17(21)19-11-2-1-6-15(19)10-9-14-5-3-7-16(20)13-14/h3,5,7,13,15,20H,1-2,4,6,8-12H2,(H2,18,22,23). The van der Waals surface area contributed by atoms with Gasteiger partial charge >= 0.3 is 0 Å². The number of aryl methyl sites for hydroxylation is 1. The first-order valence-electron chi connectivity index (χ1n) is 8.43. The molecule has 1 saturated heterocycles. The molecule has 0 saturated carbocycles. The zero-order valence-corrected chi connectivity index (χ0v) is 14.7. The van der Waals surface area contributed by atoms with Crippen molar-refractivity contribution in [2.24, 2.45) is 5.14 Å². The van der Waals surface area contributed by atoms with E-state index in [0.717, 1.165) is 44.2 Å². The van der Waals surface area contributed by atoms with Crippen molar-refractivity contribution in [1.82, 2.24) is 4.90 Å². The lowest BCUT2D eigenvalue weighted by molar-refractivity contribution is -0.135. The van der Waals surface area contributed by atoms with Gasteiger partial charge in [0.1, 0.15) is 5.75 Å². The van der Waals surface area contributed by atoms with Crippen LogP contribution in [0.15, 0.2) is 24.3 Å². The van der Waals surface area contributed by atoms with Crippen LogP contribution in [-0.2, 0) is 21.2 Å². The van der Waals surface area contributed by atoms with Gasteiger partial charge in [0.2, 0.25) is 15.9 Å². The Morgan fingerprint density at radius 3 is 2.83 bits per heavy atom. The van der Waals surface area contributed by atoms with E-state index in [4.69, 9.17) is 5.14 Å². The summed E-state index contributed by atoms with van der Waals surface area (Å²) in [6.45, 7) is 0.735. The molecule has 1 aliphatic rings. The largest absolute Gasteiger partial charge is 0.508 e. The molecule has 1 aromatic rings. The number of likely N-dealkylation sites (tertiary alicyclic amines) is 1. The maximum absolute atomic E-state index is 12.4. The number of piperidine rings is 1. The van der Waals surface area contributed by atoms with Gasteiger partial charge in [-0.3, -0.25) is 4.79 Å². The summed E-state index contributed by atoms with van der Waals surface area (Å²) in [5.41, 5.74) is 1.06. The first-order valence-corrected chi connectivity index (χ1v) is 10.1. The number of hydrogen-bond acceptors (Lipinski definition) is 4. The molecule has 6 nitrogen and oxygen atoms in total. The van der Waals surface area contributed by atoms with Gasteiger partial charge in [0.15, 0.2) is 0 Å². The molecule has 134 valence electrons. The van der Waals surface area contributed by atoms with Crippen LogP contribution in [0.2, 0.25) is 0 Å². The van der Waals surface area contributed by atoms with Gasteiger partial charge in [-0.25, -0.2) is 13.6 Å². The monoisotopic (exact) mass is 354 g/mol. The fourth-order valence-electron chi connectivity index (χ4n) is 3.24. The number of carbonyl (C=O) groups excluding carboxylic acids is 1. The van der Waals surface area contributed by atoms with Crippen LogP contribution >= 0.6 is 0 Å². The van der Waals surface area contributed by atoms with Gasteiger partial charge in [-0.15, -0.1) is 0 Å². The van der Waals surface area contributed by atoms with Crippen LogP contribution in [0.1, 0.15) is 44.1 Å². The van der Waals surface area contributed by atoms with Crippen molar-refractivity contribution in [3.63, 3.8) is 0 Å². The number of phenolic OH excluding ortho intramolecular Hbond substituents is 1. The van der Waals surface area contributed by atoms with E-state index in [9.17, 15) is 18.3 Å². The predicted molar refractivity (Wildman–Crippen MR) is 93.0 cm³/mol. The van der Waals surface area contributed by atoms with Crippen LogP contribution in [0.4, 0.5) is 0 Å². The molecule has 1 unspecified atom stereocenters. The maximum Gasteiger partial charge on any atom is 0.222 e. The average molecular weight is 354 g/mol. The molecular weight excluding hydrogens is 328 g/mol. The van der Waals surface area contributed by atoms with Crippen LogP contribution in [0.5, 0.6) is 5.75 Å². The number of rotatable bonds is 7. The SMILES string of the molecule is NS(=O)(=O)CCCC(=O)N1CCCCC1CCc1cccc(O)c1. The number of aromatic hydroxyl groups is 1. The highest BCUT2D eigenvalue weighted by molar-refractivity contribution is 7.89. The maximum atomic E-state index is 12.4. The molecule has 0 aromatic heterocycles. The van der Waals surface area contributed by atoms with Crippen LogP contribution in [0.25, 0.3) is 0 Å². The molecule has 0 spiro atoms. The van der Waals surface area contributed by atoms with Gasteiger partial charge in [0, 0.05) is 19.0 Å². The molecule has 0 bridgehead atoms. The molecule has 1 aromatic carbocycles. The third-order valence-corrected chi connectivity index (χ3v) is 5.30. The fourth-order valence-corrected chi connectivity index (χ4v) is 3.79. The Morgan fingerprint density at radius 1 is 1.33 bits per heavy atom. The fraction of sp³-hybridized carbons (Fsp3) is 0.588. The Kier molecular flexibility index (Phi) is 6.62. The number of amides is 1. The van der Waals surface area contributed by atoms with Crippen molar-refractivity contribution in [3.05, 3.63) is 29.8 Å². The summed E-state index contributed by atoms with van der Waals surface area (Å²) >= 11 is 0. The van der Waals surface area contributed by atoms with E-state index in [2.05, 4.69) is 0 Å². The van der Waals surface area contributed by atoms with Crippen LogP contribution in [0, 0.1) is 0 Å². The van der Waals surface area contributed by atoms with Gasteiger partial charge in [-0.2, -0.15) is 0 Å². The quantitative estimate of drug-likeness (QED) is 0.779. The molecule has 0 aliphatic carbocycles. The summed E-state index contributed by atoms with van der Waals surface area (Å²) in [6.07, 6.45) is 5.21. The van der Waals surface area contributed by atoms with Crippen molar-refractivity contribution < 1.29 is 18.3 Å². The van der Waals surface area contributed by atoms with E-state index >= 15 is 0 Å². The van der Waals surface area contributed by atoms with Gasteiger partial charge in [-0.1, -0.05) is 12.1 Å². The summed E-state index contributed by atoms with van der Waals surface area (Å²) in [5.74, 6) is 0.118. The smallest absolute Gasteiger partial charge is 0.222 e. The van der Waals surface area contributed by atoms with Crippen molar-refractivity contribution in [2.75, 3.05) is 12.3 Å². The van der Waals surface area contributed by atoms with Crippen molar-refractivity contribution in [3.8, 4) is 5.75 Å². The molecule has 1 fully saturated rings. The van der Waals surface area contributed by atoms with Gasteiger partial charge < -0.3 is 10.0 Å². The lowest BCUT2D eigenvalue weighted by Gasteiger charge is -2.36. The Labute approximate surface area is 143 Å².